The van der Waals surface area contributed by atoms with E-state index in [0.717, 1.165) is 5.56 Å². The van der Waals surface area contributed by atoms with E-state index in [2.05, 4.69) is 5.32 Å². The van der Waals surface area contributed by atoms with Gasteiger partial charge in [0.15, 0.2) is 11.5 Å². The van der Waals surface area contributed by atoms with Gasteiger partial charge in [-0.2, -0.15) is 0 Å². The van der Waals surface area contributed by atoms with Crippen molar-refractivity contribution in [3.8, 4) is 11.5 Å². The number of carbonyl (C=O) groups is 1. The van der Waals surface area contributed by atoms with Crippen molar-refractivity contribution in [2.45, 2.75) is 20.3 Å². The molecule has 0 spiro atoms. The molecule has 1 amide bonds. The van der Waals surface area contributed by atoms with Gasteiger partial charge in [-0.05, 0) is 56.2 Å². The Morgan fingerprint density at radius 3 is 2.46 bits per heavy atom. The summed E-state index contributed by atoms with van der Waals surface area (Å²) in [6.07, 6.45) is 1.77. The summed E-state index contributed by atoms with van der Waals surface area (Å²) in [5.74, 6) is 0.924. The maximum atomic E-state index is 12.7. The number of hydrogen-bond acceptors (Lipinski definition) is 5. The van der Waals surface area contributed by atoms with Gasteiger partial charge in [-0.15, -0.1) is 0 Å². The number of fused-ring (bicyclic) bond motifs is 1. The predicted octanol–water partition coefficient (Wildman–Crippen LogP) is 3.06. The van der Waals surface area contributed by atoms with Crippen molar-refractivity contribution in [1.82, 2.24) is 0 Å². The zero-order valence-electron chi connectivity index (χ0n) is 16.2. The lowest BCUT2D eigenvalue weighted by atomic mass is 10.1. The Balaban J connectivity index is 1.80. The fourth-order valence-electron chi connectivity index (χ4n) is 3.19. The fourth-order valence-corrected chi connectivity index (χ4v) is 4.15. The topological polar surface area (TPSA) is 84.9 Å². The fraction of sp³-hybridized carbons (Fsp3) is 0.350. The van der Waals surface area contributed by atoms with Crippen LogP contribution in [0.4, 0.5) is 11.4 Å². The molecule has 0 aromatic heterocycles. The van der Waals surface area contributed by atoms with E-state index in [0.29, 0.717) is 54.6 Å². The molecule has 0 saturated carbocycles. The molecule has 0 aliphatic carbocycles. The normalized spacial score (nSPS) is 13.2. The number of rotatable bonds is 7. The van der Waals surface area contributed by atoms with Crippen LogP contribution in [0.1, 0.15) is 29.8 Å². The molecule has 3 rings (SSSR count). The van der Waals surface area contributed by atoms with Crippen molar-refractivity contribution in [1.29, 1.82) is 0 Å². The molecular weight excluding hydrogens is 380 g/mol. The highest BCUT2D eigenvalue weighted by Crippen LogP contribution is 2.32. The summed E-state index contributed by atoms with van der Waals surface area (Å²) in [7, 11) is -3.31. The zero-order chi connectivity index (χ0) is 20.3. The first-order valence-electron chi connectivity index (χ1n) is 9.15. The first-order valence-corrected chi connectivity index (χ1v) is 11.0. The third-order valence-corrected chi connectivity index (χ3v) is 5.58. The van der Waals surface area contributed by atoms with Crippen LogP contribution >= 0.6 is 0 Å². The van der Waals surface area contributed by atoms with Gasteiger partial charge in [0, 0.05) is 23.9 Å². The largest absolute Gasteiger partial charge is 0.490 e. The van der Waals surface area contributed by atoms with Gasteiger partial charge in [0.2, 0.25) is 10.0 Å². The number of ether oxygens (including phenoxy) is 2. The van der Waals surface area contributed by atoms with Crippen LogP contribution in [-0.4, -0.2) is 40.3 Å². The van der Waals surface area contributed by atoms with Crippen LogP contribution in [0.5, 0.6) is 11.5 Å². The van der Waals surface area contributed by atoms with E-state index in [-0.39, 0.29) is 5.91 Å². The molecule has 0 fully saturated rings. The smallest absolute Gasteiger partial charge is 0.255 e. The zero-order valence-corrected chi connectivity index (χ0v) is 17.0. The quantitative estimate of drug-likeness (QED) is 0.767. The molecule has 0 unspecified atom stereocenters. The maximum absolute atomic E-state index is 12.7. The van der Waals surface area contributed by atoms with E-state index in [1.807, 2.05) is 13.8 Å². The van der Waals surface area contributed by atoms with Crippen LogP contribution < -0.4 is 19.1 Å². The van der Waals surface area contributed by atoms with Gasteiger partial charge >= 0.3 is 0 Å². The van der Waals surface area contributed by atoms with E-state index in [4.69, 9.17) is 9.47 Å². The predicted molar refractivity (Wildman–Crippen MR) is 109 cm³/mol. The summed E-state index contributed by atoms with van der Waals surface area (Å²) in [6, 6.07) is 10.3. The van der Waals surface area contributed by atoms with Crippen LogP contribution in [0, 0.1) is 0 Å². The lowest BCUT2D eigenvalue weighted by Crippen LogP contribution is -2.27. The summed E-state index contributed by atoms with van der Waals surface area (Å²) in [5.41, 5.74) is 2.55. The van der Waals surface area contributed by atoms with Crippen LogP contribution in [0.2, 0.25) is 0 Å². The molecule has 28 heavy (non-hydrogen) atoms. The minimum Gasteiger partial charge on any atom is -0.490 e. The number of amides is 1. The van der Waals surface area contributed by atoms with Crippen molar-refractivity contribution in [3.05, 3.63) is 47.5 Å². The number of nitrogens with one attached hydrogen (secondary N) is 1. The second-order valence-electron chi connectivity index (χ2n) is 6.41. The van der Waals surface area contributed by atoms with E-state index >= 15 is 0 Å². The Morgan fingerprint density at radius 1 is 1.07 bits per heavy atom. The summed E-state index contributed by atoms with van der Waals surface area (Å²) in [6.45, 7) is 5.18. The number of sulfonamides is 1. The molecule has 0 bridgehead atoms. The summed E-state index contributed by atoms with van der Waals surface area (Å²) in [4.78, 5) is 12.7. The number of hydrogen-bond donors (Lipinski definition) is 1. The molecule has 1 aliphatic rings. The minimum absolute atomic E-state index is 0.271. The summed E-state index contributed by atoms with van der Waals surface area (Å²) >= 11 is 0. The molecule has 1 heterocycles. The number of anilines is 2. The highest BCUT2D eigenvalue weighted by atomic mass is 32.2. The van der Waals surface area contributed by atoms with Gasteiger partial charge in [0.05, 0.1) is 25.2 Å². The van der Waals surface area contributed by atoms with Crippen molar-refractivity contribution in [2.24, 2.45) is 0 Å². The summed E-state index contributed by atoms with van der Waals surface area (Å²) in [5, 5.41) is 2.85. The van der Waals surface area contributed by atoms with E-state index in [1.165, 1.54) is 10.6 Å². The van der Waals surface area contributed by atoms with Crippen LogP contribution in [-0.2, 0) is 16.4 Å². The molecule has 2 aromatic carbocycles. The number of nitrogens with zero attached hydrogens (tertiary/aromatic N) is 1. The van der Waals surface area contributed by atoms with E-state index < -0.39 is 10.0 Å². The van der Waals surface area contributed by atoms with Gasteiger partial charge in [-0.1, -0.05) is 0 Å². The molecule has 150 valence electrons. The number of carbonyl (C=O) groups excluding carboxylic acids is 1. The van der Waals surface area contributed by atoms with Gasteiger partial charge in [0.25, 0.3) is 5.91 Å². The lowest BCUT2D eigenvalue weighted by molar-refractivity contribution is 0.102. The molecule has 7 nitrogen and oxygen atoms in total. The molecule has 1 aliphatic heterocycles. The second kappa shape index (κ2) is 8.10. The second-order valence-corrected chi connectivity index (χ2v) is 8.32. The minimum atomic E-state index is -3.31. The van der Waals surface area contributed by atoms with Gasteiger partial charge in [-0.3, -0.25) is 9.10 Å². The average Bonchev–Trinajstić information content (AvgIpc) is 3.07. The molecule has 8 heteroatoms. The third-order valence-electron chi connectivity index (χ3n) is 4.40. The van der Waals surface area contributed by atoms with Crippen molar-refractivity contribution >= 4 is 27.3 Å². The lowest BCUT2D eigenvalue weighted by Gasteiger charge is -2.16. The van der Waals surface area contributed by atoms with Gasteiger partial charge in [-0.25, -0.2) is 8.42 Å². The Hall–Kier alpha value is -2.74. The first-order chi connectivity index (χ1) is 13.3. The number of benzene rings is 2. The molecule has 2 aromatic rings. The Kier molecular flexibility index (Phi) is 5.79. The standard InChI is InChI=1S/C20H24N2O5S/c1-4-26-18-9-7-16(13-19(18)27-5-2)21-20(23)15-6-8-17-14(12-15)10-11-22(17)28(3,24)25/h6-9,12-13H,4-5,10-11H2,1-3H3,(H,21,23). The van der Waals surface area contributed by atoms with Crippen LogP contribution in [0.25, 0.3) is 0 Å². The van der Waals surface area contributed by atoms with Crippen molar-refractivity contribution in [2.75, 3.05) is 35.6 Å². The Labute approximate surface area is 165 Å². The Morgan fingerprint density at radius 2 is 1.79 bits per heavy atom. The van der Waals surface area contributed by atoms with Gasteiger partial charge in [0.1, 0.15) is 0 Å². The van der Waals surface area contributed by atoms with Crippen LogP contribution in [0.3, 0.4) is 0 Å². The van der Waals surface area contributed by atoms with Gasteiger partial charge < -0.3 is 14.8 Å². The van der Waals surface area contributed by atoms with E-state index in [1.54, 1.807) is 36.4 Å². The molecule has 0 radical (unpaired) electrons. The maximum Gasteiger partial charge on any atom is 0.255 e. The molecule has 0 saturated heterocycles. The highest BCUT2D eigenvalue weighted by molar-refractivity contribution is 7.92. The van der Waals surface area contributed by atoms with Crippen LogP contribution in [0.15, 0.2) is 36.4 Å². The average molecular weight is 404 g/mol. The first kappa shape index (κ1) is 20.0. The molecule has 0 atom stereocenters. The monoisotopic (exact) mass is 404 g/mol. The molecule has 1 N–H and O–H groups in total. The highest BCUT2D eigenvalue weighted by Gasteiger charge is 2.26. The SMILES string of the molecule is CCOc1ccc(NC(=O)c2ccc3c(c2)CCN3S(C)(=O)=O)cc1OCC. The molecular formula is C20H24N2O5S. The van der Waals surface area contributed by atoms with E-state index in [9.17, 15) is 13.2 Å². The van der Waals surface area contributed by atoms with Crippen molar-refractivity contribution in [3.63, 3.8) is 0 Å². The third kappa shape index (κ3) is 4.22. The summed E-state index contributed by atoms with van der Waals surface area (Å²) < 4.78 is 36.2. The Bertz CT molecular complexity index is 988. The van der Waals surface area contributed by atoms with Crippen molar-refractivity contribution < 1.29 is 22.7 Å².